The molecule has 0 aliphatic rings. The monoisotopic (exact) mass is 360 g/mol. The topological polar surface area (TPSA) is 54.6 Å². The number of aryl methyl sites for hydroxylation is 3. The van der Waals surface area contributed by atoms with Gasteiger partial charge in [0.25, 0.3) is 0 Å². The van der Waals surface area contributed by atoms with Crippen molar-refractivity contribution >= 4 is 17.9 Å². The first-order chi connectivity index (χ1) is 12.9. The first kappa shape index (κ1) is 18.6. The molecular weight excluding hydrogens is 336 g/mol. The molecule has 0 aliphatic carbocycles. The lowest BCUT2D eigenvalue weighted by molar-refractivity contribution is 0.0697. The average Bonchev–Trinajstić information content (AvgIpc) is 2.93. The van der Waals surface area contributed by atoms with Crippen LogP contribution >= 0.6 is 0 Å². The van der Waals surface area contributed by atoms with Gasteiger partial charge in [-0.1, -0.05) is 31.2 Å². The Morgan fingerprint density at radius 1 is 1.11 bits per heavy atom. The Morgan fingerprint density at radius 2 is 1.85 bits per heavy atom. The van der Waals surface area contributed by atoms with Crippen molar-refractivity contribution in [1.82, 2.24) is 4.57 Å². The summed E-state index contributed by atoms with van der Waals surface area (Å²) in [6, 6.07) is 15.2. The van der Waals surface area contributed by atoms with Crippen molar-refractivity contribution in [2.24, 2.45) is 4.99 Å². The van der Waals surface area contributed by atoms with Crippen molar-refractivity contribution in [1.29, 1.82) is 0 Å². The van der Waals surface area contributed by atoms with Crippen LogP contribution in [0.1, 0.15) is 45.4 Å². The molecule has 3 aromatic rings. The highest BCUT2D eigenvalue weighted by molar-refractivity contribution is 5.89. The van der Waals surface area contributed by atoms with Gasteiger partial charge in [-0.05, 0) is 62.6 Å². The summed E-state index contributed by atoms with van der Waals surface area (Å²) in [5.41, 5.74) is 7.96. The molecule has 2 aromatic carbocycles. The molecule has 0 fully saturated rings. The second-order valence-corrected chi connectivity index (χ2v) is 6.71. The van der Waals surface area contributed by atoms with Gasteiger partial charge in [0.15, 0.2) is 0 Å². The van der Waals surface area contributed by atoms with Crippen LogP contribution in [-0.2, 0) is 6.42 Å². The van der Waals surface area contributed by atoms with E-state index < -0.39 is 5.97 Å². The number of aromatic carboxylic acids is 1. The molecule has 1 N–H and O–H groups in total. The number of benzene rings is 2. The Hall–Kier alpha value is -3.14. The Bertz CT molecular complexity index is 1030. The van der Waals surface area contributed by atoms with E-state index in [-0.39, 0.29) is 5.56 Å². The molecule has 1 aromatic heterocycles. The predicted octanol–water partition coefficient (Wildman–Crippen LogP) is 5.41. The Kier molecular flexibility index (Phi) is 5.26. The minimum absolute atomic E-state index is 0.239. The molecule has 0 saturated carbocycles. The number of para-hydroxylation sites is 1. The molecule has 0 bridgehead atoms. The highest BCUT2D eigenvalue weighted by atomic mass is 16.4. The highest BCUT2D eigenvalue weighted by Gasteiger charge is 2.14. The predicted molar refractivity (Wildman–Crippen MR) is 110 cm³/mol. The maximum Gasteiger partial charge on any atom is 0.335 e. The highest BCUT2D eigenvalue weighted by Crippen LogP contribution is 2.26. The third-order valence-electron chi connectivity index (χ3n) is 4.84. The van der Waals surface area contributed by atoms with E-state index >= 15 is 0 Å². The summed E-state index contributed by atoms with van der Waals surface area (Å²) in [6.45, 7) is 8.50. The smallest absolute Gasteiger partial charge is 0.335 e. The number of carboxylic acid groups (broad SMARTS) is 1. The quantitative estimate of drug-likeness (QED) is 0.618. The van der Waals surface area contributed by atoms with Gasteiger partial charge in [-0.3, -0.25) is 4.99 Å². The number of nitrogens with zero attached hydrogens (tertiary/aromatic N) is 2. The van der Waals surface area contributed by atoms with Crippen LogP contribution in [0.15, 0.2) is 53.5 Å². The van der Waals surface area contributed by atoms with Crippen LogP contribution in [0.3, 0.4) is 0 Å². The zero-order valence-electron chi connectivity index (χ0n) is 16.2. The van der Waals surface area contributed by atoms with Crippen molar-refractivity contribution in [2.75, 3.05) is 0 Å². The molecule has 4 heteroatoms. The molecular formula is C23H24N2O2. The van der Waals surface area contributed by atoms with Gasteiger partial charge >= 0.3 is 5.97 Å². The molecule has 3 rings (SSSR count). The fourth-order valence-corrected chi connectivity index (χ4v) is 3.45. The van der Waals surface area contributed by atoms with E-state index in [0.717, 1.165) is 23.4 Å². The Labute approximate surface area is 159 Å². The number of hydrogen-bond donors (Lipinski definition) is 1. The molecule has 4 nitrogen and oxygen atoms in total. The summed E-state index contributed by atoms with van der Waals surface area (Å²) in [5, 5.41) is 9.12. The van der Waals surface area contributed by atoms with Crippen LogP contribution in [0.5, 0.6) is 0 Å². The second-order valence-electron chi connectivity index (χ2n) is 6.71. The average molecular weight is 360 g/mol. The first-order valence-corrected chi connectivity index (χ1v) is 9.07. The normalized spacial score (nSPS) is 11.3. The minimum Gasteiger partial charge on any atom is -0.478 e. The molecule has 0 saturated heterocycles. The van der Waals surface area contributed by atoms with Crippen LogP contribution in [0.25, 0.3) is 5.69 Å². The molecule has 0 aliphatic heterocycles. The zero-order chi connectivity index (χ0) is 19.6. The van der Waals surface area contributed by atoms with Crippen LogP contribution in [0.2, 0.25) is 0 Å². The van der Waals surface area contributed by atoms with Gasteiger partial charge in [-0.15, -0.1) is 0 Å². The van der Waals surface area contributed by atoms with E-state index in [1.807, 2.05) is 6.21 Å². The van der Waals surface area contributed by atoms with Gasteiger partial charge in [0.1, 0.15) is 0 Å². The van der Waals surface area contributed by atoms with Gasteiger partial charge in [0.05, 0.1) is 16.9 Å². The third-order valence-corrected chi connectivity index (χ3v) is 4.84. The van der Waals surface area contributed by atoms with E-state index in [1.165, 1.54) is 16.8 Å². The molecule has 27 heavy (non-hydrogen) atoms. The SMILES string of the molecule is CCc1cccc(C)c1-n1c(C)cc(C=Nc2cccc(C(=O)O)c2)c1C. The summed E-state index contributed by atoms with van der Waals surface area (Å²) in [6.07, 6.45) is 2.78. The maximum atomic E-state index is 11.1. The fraction of sp³-hybridized carbons (Fsp3) is 0.217. The number of aliphatic imine (C=N–C) groups is 1. The van der Waals surface area contributed by atoms with Crippen molar-refractivity contribution in [3.05, 3.63) is 82.2 Å². The van der Waals surface area contributed by atoms with Gasteiger partial charge in [-0.2, -0.15) is 0 Å². The van der Waals surface area contributed by atoms with Crippen LogP contribution < -0.4 is 0 Å². The number of aromatic nitrogens is 1. The molecule has 0 amide bonds. The molecule has 0 spiro atoms. The van der Waals surface area contributed by atoms with E-state index in [1.54, 1.807) is 24.3 Å². The Balaban J connectivity index is 2.03. The summed E-state index contributed by atoms with van der Waals surface area (Å²) in [5.74, 6) is -0.947. The van der Waals surface area contributed by atoms with Crippen LogP contribution in [0.4, 0.5) is 5.69 Å². The third kappa shape index (κ3) is 3.70. The van der Waals surface area contributed by atoms with Gasteiger partial charge in [0, 0.05) is 23.2 Å². The Morgan fingerprint density at radius 3 is 2.56 bits per heavy atom. The van der Waals surface area contributed by atoms with Gasteiger partial charge < -0.3 is 9.67 Å². The van der Waals surface area contributed by atoms with E-state index in [4.69, 9.17) is 5.11 Å². The number of hydrogen-bond acceptors (Lipinski definition) is 2. The number of rotatable bonds is 5. The van der Waals surface area contributed by atoms with E-state index in [2.05, 4.69) is 61.5 Å². The molecule has 1 heterocycles. The van der Waals surface area contributed by atoms with E-state index in [0.29, 0.717) is 5.69 Å². The van der Waals surface area contributed by atoms with Crippen molar-refractivity contribution in [3.8, 4) is 5.69 Å². The fourth-order valence-electron chi connectivity index (χ4n) is 3.45. The largest absolute Gasteiger partial charge is 0.478 e. The first-order valence-electron chi connectivity index (χ1n) is 9.07. The standard InChI is InChI=1S/C23H24N2O2/c1-5-18-9-6-8-15(2)22(18)25-16(3)12-20(17(25)4)14-24-21-11-7-10-19(13-21)23(26)27/h6-14H,5H2,1-4H3,(H,26,27). The van der Waals surface area contributed by atoms with Gasteiger partial charge in [-0.25, -0.2) is 4.79 Å². The molecule has 0 unspecified atom stereocenters. The second kappa shape index (κ2) is 7.62. The summed E-state index contributed by atoms with van der Waals surface area (Å²) >= 11 is 0. The summed E-state index contributed by atoms with van der Waals surface area (Å²) < 4.78 is 2.28. The van der Waals surface area contributed by atoms with Gasteiger partial charge in [0.2, 0.25) is 0 Å². The summed E-state index contributed by atoms with van der Waals surface area (Å²) in [4.78, 5) is 15.6. The molecule has 0 radical (unpaired) electrons. The lowest BCUT2D eigenvalue weighted by atomic mass is 10.1. The number of carbonyl (C=O) groups is 1. The van der Waals surface area contributed by atoms with Crippen molar-refractivity contribution in [3.63, 3.8) is 0 Å². The van der Waals surface area contributed by atoms with Crippen LogP contribution in [-0.4, -0.2) is 21.9 Å². The van der Waals surface area contributed by atoms with E-state index in [9.17, 15) is 4.79 Å². The van der Waals surface area contributed by atoms with Crippen molar-refractivity contribution < 1.29 is 9.90 Å². The lowest BCUT2D eigenvalue weighted by Gasteiger charge is -2.17. The lowest BCUT2D eigenvalue weighted by Crippen LogP contribution is -2.05. The molecule has 138 valence electrons. The zero-order valence-corrected chi connectivity index (χ0v) is 16.2. The number of carboxylic acids is 1. The van der Waals surface area contributed by atoms with Crippen molar-refractivity contribution in [2.45, 2.75) is 34.1 Å². The summed E-state index contributed by atoms with van der Waals surface area (Å²) in [7, 11) is 0. The molecule has 0 atom stereocenters. The maximum absolute atomic E-state index is 11.1. The minimum atomic E-state index is -0.947. The van der Waals surface area contributed by atoms with Crippen LogP contribution in [0, 0.1) is 20.8 Å².